The summed E-state index contributed by atoms with van der Waals surface area (Å²) in [6, 6.07) is 5.73. The molecule has 2 atom stereocenters. The maximum Gasteiger partial charge on any atom is 0.166 e. The van der Waals surface area contributed by atoms with Gasteiger partial charge in [-0.3, -0.25) is 5.01 Å². The van der Waals surface area contributed by atoms with E-state index in [1.807, 2.05) is 0 Å². The second-order valence-electron chi connectivity index (χ2n) is 4.97. The zero-order valence-corrected chi connectivity index (χ0v) is 10.9. The average molecular weight is 248 g/mol. The van der Waals surface area contributed by atoms with E-state index in [0.29, 0.717) is 17.6 Å². The smallest absolute Gasteiger partial charge is 0.166 e. The second-order valence-corrected chi connectivity index (χ2v) is 4.97. The zero-order valence-electron chi connectivity index (χ0n) is 10.9. The quantitative estimate of drug-likeness (QED) is 0.625. The highest BCUT2D eigenvalue weighted by Gasteiger charge is 2.22. The first-order valence-corrected chi connectivity index (χ1v) is 6.43. The highest BCUT2D eigenvalue weighted by Crippen LogP contribution is 2.27. The van der Waals surface area contributed by atoms with Crippen LogP contribution >= 0.6 is 0 Å². The molecule has 4 nitrogen and oxygen atoms in total. The monoisotopic (exact) mass is 248 g/mol. The van der Waals surface area contributed by atoms with Crippen LogP contribution in [0.2, 0.25) is 0 Å². The summed E-state index contributed by atoms with van der Waals surface area (Å²) in [5.74, 6) is -0.225. The SMILES string of the molecule is C[C@H]1CCC[C@H](C)N1/N=C/c1cccc(O)c1O. The predicted molar refractivity (Wildman–Crippen MR) is 72.0 cm³/mol. The van der Waals surface area contributed by atoms with E-state index in [9.17, 15) is 10.2 Å². The number of phenolic OH excluding ortho intramolecular Hbond substituents is 2. The first-order chi connectivity index (χ1) is 8.59. The summed E-state index contributed by atoms with van der Waals surface area (Å²) < 4.78 is 0. The molecule has 4 heteroatoms. The minimum Gasteiger partial charge on any atom is -0.504 e. The maximum absolute atomic E-state index is 9.70. The van der Waals surface area contributed by atoms with Crippen LogP contribution in [0.3, 0.4) is 0 Å². The topological polar surface area (TPSA) is 56.1 Å². The van der Waals surface area contributed by atoms with Gasteiger partial charge in [0.05, 0.1) is 6.21 Å². The molecular formula is C14H20N2O2. The Morgan fingerprint density at radius 1 is 1.22 bits per heavy atom. The van der Waals surface area contributed by atoms with Crippen LogP contribution in [0.15, 0.2) is 23.3 Å². The molecule has 2 N–H and O–H groups in total. The molecule has 0 saturated carbocycles. The lowest BCUT2D eigenvalue weighted by Gasteiger charge is -2.36. The van der Waals surface area contributed by atoms with Gasteiger partial charge in [-0.25, -0.2) is 0 Å². The number of hydrazone groups is 1. The molecule has 1 heterocycles. The van der Waals surface area contributed by atoms with Crippen LogP contribution in [0.1, 0.15) is 38.7 Å². The van der Waals surface area contributed by atoms with E-state index in [2.05, 4.69) is 24.0 Å². The van der Waals surface area contributed by atoms with Crippen molar-refractivity contribution >= 4 is 6.21 Å². The largest absolute Gasteiger partial charge is 0.504 e. The number of para-hydroxylation sites is 1. The van der Waals surface area contributed by atoms with Crippen LogP contribution in [0.25, 0.3) is 0 Å². The Labute approximate surface area is 108 Å². The Morgan fingerprint density at radius 2 is 1.89 bits per heavy atom. The van der Waals surface area contributed by atoms with Crippen molar-refractivity contribution in [2.75, 3.05) is 0 Å². The number of aromatic hydroxyl groups is 2. The van der Waals surface area contributed by atoms with Crippen LogP contribution in [0.4, 0.5) is 0 Å². The van der Waals surface area contributed by atoms with Gasteiger partial charge in [0.15, 0.2) is 11.5 Å². The van der Waals surface area contributed by atoms with Crippen molar-refractivity contribution in [3.63, 3.8) is 0 Å². The van der Waals surface area contributed by atoms with Gasteiger partial charge in [0, 0.05) is 17.6 Å². The second kappa shape index (κ2) is 5.29. The van der Waals surface area contributed by atoms with E-state index in [4.69, 9.17) is 0 Å². The van der Waals surface area contributed by atoms with Gasteiger partial charge in [0.25, 0.3) is 0 Å². The first-order valence-electron chi connectivity index (χ1n) is 6.43. The molecule has 1 aliphatic heterocycles. The van der Waals surface area contributed by atoms with Crippen LogP contribution in [-0.2, 0) is 0 Å². The summed E-state index contributed by atoms with van der Waals surface area (Å²) >= 11 is 0. The maximum atomic E-state index is 9.70. The van der Waals surface area contributed by atoms with Crippen molar-refractivity contribution in [1.82, 2.24) is 5.01 Å². The lowest BCUT2D eigenvalue weighted by molar-refractivity contribution is 0.109. The van der Waals surface area contributed by atoms with Gasteiger partial charge < -0.3 is 10.2 Å². The average Bonchev–Trinajstić information content (AvgIpc) is 2.33. The van der Waals surface area contributed by atoms with Crippen molar-refractivity contribution in [3.8, 4) is 11.5 Å². The standard InChI is InChI=1S/C14H20N2O2/c1-10-5-3-6-11(2)16(10)15-9-12-7-4-8-13(17)14(12)18/h4,7-11,17-18H,3,5-6H2,1-2H3/b15-9+/t10-,11-/m0/s1. The van der Waals surface area contributed by atoms with Crippen LogP contribution in [-0.4, -0.2) is 33.5 Å². The van der Waals surface area contributed by atoms with Crippen molar-refractivity contribution < 1.29 is 10.2 Å². The lowest BCUT2D eigenvalue weighted by Crippen LogP contribution is -2.39. The fourth-order valence-corrected chi connectivity index (χ4v) is 2.42. The van der Waals surface area contributed by atoms with E-state index in [1.165, 1.54) is 12.5 Å². The highest BCUT2D eigenvalue weighted by atomic mass is 16.3. The van der Waals surface area contributed by atoms with E-state index in [1.54, 1.807) is 18.3 Å². The van der Waals surface area contributed by atoms with Crippen molar-refractivity contribution in [2.24, 2.45) is 5.10 Å². The number of hydrogen-bond donors (Lipinski definition) is 2. The molecule has 1 aliphatic rings. The highest BCUT2D eigenvalue weighted by molar-refractivity contribution is 5.84. The van der Waals surface area contributed by atoms with Gasteiger partial charge in [0.1, 0.15) is 0 Å². The molecule has 0 amide bonds. The molecule has 0 unspecified atom stereocenters. The summed E-state index contributed by atoms with van der Waals surface area (Å²) in [6.45, 7) is 4.32. The Hall–Kier alpha value is -1.71. The third-order valence-electron chi connectivity index (χ3n) is 3.52. The molecule has 1 aromatic carbocycles. The number of rotatable bonds is 2. The molecule has 1 fully saturated rings. The normalized spacial score (nSPS) is 24.7. The fourth-order valence-electron chi connectivity index (χ4n) is 2.42. The number of phenols is 2. The van der Waals surface area contributed by atoms with E-state index in [-0.39, 0.29) is 11.5 Å². The van der Waals surface area contributed by atoms with Crippen molar-refractivity contribution in [1.29, 1.82) is 0 Å². The fraction of sp³-hybridized carbons (Fsp3) is 0.500. The molecule has 2 rings (SSSR count). The summed E-state index contributed by atoms with van der Waals surface area (Å²) in [4.78, 5) is 0. The molecule has 1 aromatic rings. The van der Waals surface area contributed by atoms with E-state index in [0.717, 1.165) is 12.8 Å². The van der Waals surface area contributed by atoms with Gasteiger partial charge in [-0.2, -0.15) is 5.10 Å². The molecule has 18 heavy (non-hydrogen) atoms. The van der Waals surface area contributed by atoms with Gasteiger partial charge >= 0.3 is 0 Å². The lowest BCUT2D eigenvalue weighted by atomic mass is 10.00. The Bertz CT molecular complexity index is 435. The minimum absolute atomic E-state index is 0.112. The summed E-state index contributed by atoms with van der Waals surface area (Å²) in [5.41, 5.74) is 0.542. The van der Waals surface area contributed by atoms with Crippen LogP contribution in [0.5, 0.6) is 11.5 Å². The summed E-state index contributed by atoms with van der Waals surface area (Å²) in [7, 11) is 0. The van der Waals surface area contributed by atoms with Crippen LogP contribution < -0.4 is 0 Å². The molecule has 0 aliphatic carbocycles. The number of benzene rings is 1. The molecule has 98 valence electrons. The molecule has 0 radical (unpaired) electrons. The zero-order chi connectivity index (χ0) is 13.1. The molecule has 0 bridgehead atoms. The van der Waals surface area contributed by atoms with Gasteiger partial charge in [-0.1, -0.05) is 6.07 Å². The van der Waals surface area contributed by atoms with Gasteiger partial charge in [-0.15, -0.1) is 0 Å². The van der Waals surface area contributed by atoms with Crippen LogP contribution in [0, 0.1) is 0 Å². The molecular weight excluding hydrogens is 228 g/mol. The summed E-state index contributed by atoms with van der Waals surface area (Å²) in [5, 5.41) is 25.6. The predicted octanol–water partition coefficient (Wildman–Crippen LogP) is 2.69. The van der Waals surface area contributed by atoms with Gasteiger partial charge in [0.2, 0.25) is 0 Å². The Kier molecular flexibility index (Phi) is 3.75. The molecule has 0 aromatic heterocycles. The van der Waals surface area contributed by atoms with Crippen molar-refractivity contribution in [3.05, 3.63) is 23.8 Å². The minimum atomic E-state index is -0.112. The summed E-state index contributed by atoms with van der Waals surface area (Å²) in [6.07, 6.45) is 5.15. The molecule has 1 saturated heterocycles. The Morgan fingerprint density at radius 3 is 2.56 bits per heavy atom. The van der Waals surface area contributed by atoms with Gasteiger partial charge in [-0.05, 0) is 45.2 Å². The van der Waals surface area contributed by atoms with E-state index >= 15 is 0 Å². The number of hydrogen-bond acceptors (Lipinski definition) is 4. The number of piperidine rings is 1. The van der Waals surface area contributed by atoms with Crippen molar-refractivity contribution in [2.45, 2.75) is 45.2 Å². The third kappa shape index (κ3) is 2.58. The van der Waals surface area contributed by atoms with E-state index < -0.39 is 0 Å². The Balaban J connectivity index is 2.16. The molecule has 0 spiro atoms. The third-order valence-corrected chi connectivity index (χ3v) is 3.52. The number of nitrogens with zero attached hydrogens (tertiary/aromatic N) is 2. The first kappa shape index (κ1) is 12.7.